The van der Waals surface area contributed by atoms with E-state index in [9.17, 15) is 19.8 Å². The maximum atomic E-state index is 13.1. The zero-order valence-electron chi connectivity index (χ0n) is 21.4. The Morgan fingerprint density at radius 1 is 0.944 bits per heavy atom. The molecule has 0 radical (unpaired) electrons. The van der Waals surface area contributed by atoms with Crippen LogP contribution in [0.25, 0.3) is 0 Å². The Kier molecular flexibility index (Phi) is 10.8. The zero-order chi connectivity index (χ0) is 26.1. The molecule has 0 unspecified atom stereocenters. The second-order valence-corrected chi connectivity index (χ2v) is 11.1. The molecule has 2 aromatic rings. The molecule has 2 aromatic carbocycles. The molecule has 196 valence electrons. The number of carbonyl (C=O) groups is 2. The SMILES string of the molecule is CC(C)CNC(=O)[C@H](C)[C@@H](O)[C@H](O)[C@H](Cc1ccccc1)NC(=O)c1ccc(SN2CCCC2)cc1. The van der Waals surface area contributed by atoms with E-state index in [4.69, 9.17) is 0 Å². The minimum Gasteiger partial charge on any atom is -0.390 e. The van der Waals surface area contributed by atoms with Gasteiger partial charge in [-0.05, 0) is 67.0 Å². The van der Waals surface area contributed by atoms with E-state index >= 15 is 0 Å². The average Bonchev–Trinajstić information content (AvgIpc) is 3.39. The molecule has 2 amide bonds. The fourth-order valence-electron chi connectivity index (χ4n) is 4.13. The van der Waals surface area contributed by atoms with Gasteiger partial charge in [0.05, 0.1) is 18.1 Å². The molecule has 7 nitrogen and oxygen atoms in total. The average molecular weight is 514 g/mol. The molecule has 4 atom stereocenters. The van der Waals surface area contributed by atoms with Crippen LogP contribution in [0.1, 0.15) is 49.5 Å². The van der Waals surface area contributed by atoms with Gasteiger partial charge in [0.2, 0.25) is 5.91 Å². The van der Waals surface area contributed by atoms with E-state index in [0.29, 0.717) is 18.5 Å². The van der Waals surface area contributed by atoms with Gasteiger partial charge in [-0.3, -0.25) is 9.59 Å². The number of carbonyl (C=O) groups excluding carboxylic acids is 2. The van der Waals surface area contributed by atoms with Gasteiger partial charge in [0.15, 0.2) is 0 Å². The van der Waals surface area contributed by atoms with Gasteiger partial charge in [0.1, 0.15) is 6.10 Å². The zero-order valence-corrected chi connectivity index (χ0v) is 22.2. The van der Waals surface area contributed by atoms with Crippen LogP contribution in [-0.2, 0) is 11.2 Å². The van der Waals surface area contributed by atoms with Crippen molar-refractivity contribution in [2.45, 2.75) is 63.2 Å². The van der Waals surface area contributed by atoms with Crippen molar-refractivity contribution in [1.29, 1.82) is 0 Å². The van der Waals surface area contributed by atoms with Crippen molar-refractivity contribution in [3.8, 4) is 0 Å². The van der Waals surface area contributed by atoms with E-state index in [0.717, 1.165) is 23.5 Å². The summed E-state index contributed by atoms with van der Waals surface area (Å²) < 4.78 is 2.32. The van der Waals surface area contributed by atoms with Crippen LogP contribution in [0.4, 0.5) is 0 Å². The molecule has 1 aliphatic rings. The third-order valence-electron chi connectivity index (χ3n) is 6.40. The molecular weight excluding hydrogens is 474 g/mol. The second-order valence-electron chi connectivity index (χ2n) is 9.93. The Morgan fingerprint density at radius 3 is 2.19 bits per heavy atom. The van der Waals surface area contributed by atoms with Gasteiger partial charge in [-0.15, -0.1) is 0 Å². The summed E-state index contributed by atoms with van der Waals surface area (Å²) in [5.41, 5.74) is 1.38. The number of nitrogens with one attached hydrogen (secondary N) is 2. The summed E-state index contributed by atoms with van der Waals surface area (Å²) in [6.45, 7) is 8.19. The topological polar surface area (TPSA) is 102 Å². The molecule has 1 aliphatic heterocycles. The minimum atomic E-state index is -1.34. The van der Waals surface area contributed by atoms with Crippen molar-refractivity contribution < 1.29 is 19.8 Å². The van der Waals surface area contributed by atoms with E-state index in [-0.39, 0.29) is 17.7 Å². The Balaban J connectivity index is 1.69. The fraction of sp³-hybridized carbons (Fsp3) is 0.500. The first-order valence-electron chi connectivity index (χ1n) is 12.8. The van der Waals surface area contributed by atoms with Gasteiger partial charge < -0.3 is 20.8 Å². The largest absolute Gasteiger partial charge is 0.390 e. The van der Waals surface area contributed by atoms with Crippen LogP contribution in [-0.4, -0.2) is 64.2 Å². The van der Waals surface area contributed by atoms with Gasteiger partial charge in [0, 0.05) is 30.1 Å². The van der Waals surface area contributed by atoms with Crippen LogP contribution in [0, 0.1) is 11.8 Å². The quantitative estimate of drug-likeness (QED) is 0.325. The van der Waals surface area contributed by atoms with E-state index in [1.807, 2.05) is 56.3 Å². The summed E-state index contributed by atoms with van der Waals surface area (Å²) in [5, 5.41) is 27.6. The first kappa shape index (κ1) is 28.2. The summed E-state index contributed by atoms with van der Waals surface area (Å²) in [6.07, 6.45) is 0.0586. The molecule has 4 N–H and O–H groups in total. The minimum absolute atomic E-state index is 0.272. The number of aliphatic hydroxyl groups is 2. The first-order chi connectivity index (χ1) is 17.2. The number of amides is 2. The van der Waals surface area contributed by atoms with Crippen LogP contribution in [0.15, 0.2) is 59.5 Å². The van der Waals surface area contributed by atoms with Crippen LogP contribution in [0.3, 0.4) is 0 Å². The van der Waals surface area contributed by atoms with Gasteiger partial charge in [-0.25, -0.2) is 4.31 Å². The molecule has 36 heavy (non-hydrogen) atoms. The molecule has 0 aromatic heterocycles. The molecular formula is C28H39N3O4S. The standard InChI is InChI=1S/C28H39N3O4S/c1-19(2)18-29-27(34)20(3)25(32)26(33)24(17-21-9-5-4-6-10-21)30-28(35)22-11-13-23(14-12-22)36-31-15-7-8-16-31/h4-6,9-14,19-20,24-26,32-33H,7-8,15-18H2,1-3H3,(H,29,34)(H,30,35)/t20-,24+,25-,26-/m1/s1. The Hall–Kier alpha value is -2.39. The molecule has 1 saturated heterocycles. The van der Waals surface area contributed by atoms with Crippen molar-refractivity contribution in [3.63, 3.8) is 0 Å². The predicted octanol–water partition coefficient (Wildman–Crippen LogP) is 3.26. The molecule has 0 bridgehead atoms. The van der Waals surface area contributed by atoms with Gasteiger partial charge in [0.25, 0.3) is 5.91 Å². The van der Waals surface area contributed by atoms with Crippen LogP contribution in [0.2, 0.25) is 0 Å². The van der Waals surface area contributed by atoms with Crippen LogP contribution in [0.5, 0.6) is 0 Å². The number of aliphatic hydroxyl groups excluding tert-OH is 2. The first-order valence-corrected chi connectivity index (χ1v) is 13.5. The van der Waals surface area contributed by atoms with Crippen molar-refractivity contribution >= 4 is 23.8 Å². The van der Waals surface area contributed by atoms with E-state index in [2.05, 4.69) is 14.9 Å². The normalized spacial score (nSPS) is 17.4. The van der Waals surface area contributed by atoms with Crippen LogP contribution >= 0.6 is 11.9 Å². The highest BCUT2D eigenvalue weighted by Gasteiger charge is 2.34. The molecule has 1 fully saturated rings. The lowest BCUT2D eigenvalue weighted by Gasteiger charge is -2.30. The van der Waals surface area contributed by atoms with Gasteiger partial charge >= 0.3 is 0 Å². The maximum absolute atomic E-state index is 13.1. The Labute approximate surface area is 218 Å². The van der Waals surface area contributed by atoms with Gasteiger partial charge in [-0.2, -0.15) is 0 Å². The van der Waals surface area contributed by atoms with Crippen LogP contribution < -0.4 is 10.6 Å². The number of nitrogens with zero attached hydrogens (tertiary/aromatic N) is 1. The number of rotatable bonds is 12. The summed E-state index contributed by atoms with van der Waals surface area (Å²) in [6, 6.07) is 16.1. The number of benzene rings is 2. The number of hydrogen-bond donors (Lipinski definition) is 4. The summed E-state index contributed by atoms with van der Waals surface area (Å²) in [5.74, 6) is -1.23. The van der Waals surface area contributed by atoms with Crippen molar-refractivity contribution in [2.24, 2.45) is 11.8 Å². The summed E-state index contributed by atoms with van der Waals surface area (Å²) in [4.78, 5) is 26.7. The highest BCUT2D eigenvalue weighted by molar-refractivity contribution is 7.97. The highest BCUT2D eigenvalue weighted by atomic mass is 32.2. The third kappa shape index (κ3) is 8.34. The monoisotopic (exact) mass is 513 g/mol. The van der Waals surface area contributed by atoms with Gasteiger partial charge in [-0.1, -0.05) is 51.1 Å². The fourth-order valence-corrected chi connectivity index (χ4v) is 5.12. The maximum Gasteiger partial charge on any atom is 0.251 e. The molecule has 0 spiro atoms. The van der Waals surface area contributed by atoms with E-state index in [1.54, 1.807) is 31.0 Å². The van der Waals surface area contributed by atoms with E-state index in [1.165, 1.54) is 12.8 Å². The lowest BCUT2D eigenvalue weighted by molar-refractivity contribution is -0.131. The van der Waals surface area contributed by atoms with Crippen molar-refractivity contribution in [1.82, 2.24) is 14.9 Å². The predicted molar refractivity (Wildman–Crippen MR) is 144 cm³/mol. The number of hydrogen-bond acceptors (Lipinski definition) is 6. The van der Waals surface area contributed by atoms with Crippen molar-refractivity contribution in [3.05, 3.63) is 65.7 Å². The molecule has 3 rings (SSSR count). The lowest BCUT2D eigenvalue weighted by Crippen LogP contribution is -2.53. The Morgan fingerprint density at radius 2 is 1.58 bits per heavy atom. The van der Waals surface area contributed by atoms with E-state index < -0.39 is 24.2 Å². The van der Waals surface area contributed by atoms with Crippen molar-refractivity contribution in [2.75, 3.05) is 19.6 Å². The molecule has 0 aliphatic carbocycles. The summed E-state index contributed by atoms with van der Waals surface area (Å²) >= 11 is 1.70. The smallest absolute Gasteiger partial charge is 0.251 e. The Bertz CT molecular complexity index is 965. The molecule has 8 heteroatoms. The molecule has 1 heterocycles. The summed E-state index contributed by atoms with van der Waals surface area (Å²) in [7, 11) is 0. The lowest BCUT2D eigenvalue weighted by atomic mass is 9.90. The third-order valence-corrected chi connectivity index (χ3v) is 7.51. The highest BCUT2D eigenvalue weighted by Crippen LogP contribution is 2.26. The molecule has 0 saturated carbocycles. The second kappa shape index (κ2) is 13.8.